The molecule has 0 saturated heterocycles. The van der Waals surface area contributed by atoms with Gasteiger partial charge in [-0.25, -0.2) is 0 Å². The van der Waals surface area contributed by atoms with Crippen LogP contribution in [0, 0.1) is 10.5 Å². The molecule has 1 amide bonds. The Bertz CT molecular complexity index is 864. The van der Waals surface area contributed by atoms with Gasteiger partial charge < -0.3 is 21.2 Å². The lowest BCUT2D eigenvalue weighted by atomic mass is 9.93. The molecule has 1 aromatic heterocycles. The predicted octanol–water partition coefficient (Wildman–Crippen LogP) is 2.76. The van der Waals surface area contributed by atoms with Crippen molar-refractivity contribution in [3.8, 4) is 0 Å². The maximum Gasteiger partial charge on any atom is 0.291 e. The predicted molar refractivity (Wildman–Crippen MR) is 106 cm³/mol. The van der Waals surface area contributed by atoms with Crippen molar-refractivity contribution in [2.24, 2.45) is 21.7 Å². The first kappa shape index (κ1) is 17.5. The summed E-state index contributed by atoms with van der Waals surface area (Å²) in [5.41, 5.74) is 13.7. The Hall–Kier alpha value is -2.36. The number of carbonyl (C=O) groups excluding carboxylic acids is 1. The summed E-state index contributed by atoms with van der Waals surface area (Å²) >= 11 is 2.21. The van der Waals surface area contributed by atoms with Gasteiger partial charge in [0.2, 0.25) is 5.96 Å². The highest BCUT2D eigenvalue weighted by Crippen LogP contribution is 2.30. The number of anilines is 1. The Balaban J connectivity index is 1.91. The van der Waals surface area contributed by atoms with Gasteiger partial charge in [-0.2, -0.15) is 5.10 Å². The van der Waals surface area contributed by atoms with Crippen molar-refractivity contribution >= 4 is 45.9 Å². The summed E-state index contributed by atoms with van der Waals surface area (Å²) in [4.78, 5) is 12.6. The number of furan rings is 1. The fourth-order valence-corrected chi connectivity index (χ4v) is 3.18. The number of guanidine groups is 1. The van der Waals surface area contributed by atoms with Crippen LogP contribution in [0.1, 0.15) is 40.3 Å². The van der Waals surface area contributed by atoms with E-state index >= 15 is 0 Å². The van der Waals surface area contributed by atoms with Crippen LogP contribution in [0.15, 0.2) is 38.9 Å². The molecule has 130 valence electrons. The Morgan fingerprint density at radius 3 is 2.64 bits per heavy atom. The van der Waals surface area contributed by atoms with E-state index in [9.17, 15) is 4.79 Å². The third kappa shape index (κ3) is 3.84. The zero-order chi connectivity index (χ0) is 18.0. The minimum absolute atomic E-state index is 0.0996. The van der Waals surface area contributed by atoms with E-state index in [4.69, 9.17) is 15.9 Å². The van der Waals surface area contributed by atoms with Crippen LogP contribution in [0.3, 0.4) is 0 Å². The van der Waals surface area contributed by atoms with Crippen LogP contribution in [0.25, 0.3) is 0 Å². The van der Waals surface area contributed by atoms with Crippen molar-refractivity contribution in [3.63, 3.8) is 0 Å². The largest absolute Gasteiger partial charge is 0.455 e. The van der Waals surface area contributed by atoms with Crippen molar-refractivity contribution < 1.29 is 9.21 Å². The summed E-state index contributed by atoms with van der Waals surface area (Å²) in [6.07, 6.45) is 2.37. The first-order valence-corrected chi connectivity index (χ1v) is 8.88. The maximum absolute atomic E-state index is 12.6. The second-order valence-corrected chi connectivity index (χ2v) is 6.99. The van der Waals surface area contributed by atoms with Gasteiger partial charge in [0.05, 0.1) is 5.71 Å². The quantitative estimate of drug-likeness (QED) is 0.288. The molecule has 0 unspecified atom stereocenters. The van der Waals surface area contributed by atoms with Crippen LogP contribution >= 0.6 is 22.6 Å². The molecule has 0 radical (unpaired) electrons. The fourth-order valence-electron chi connectivity index (χ4n) is 2.82. The second-order valence-electron chi connectivity index (χ2n) is 5.74. The van der Waals surface area contributed by atoms with Crippen LogP contribution in [-0.4, -0.2) is 17.6 Å². The smallest absolute Gasteiger partial charge is 0.291 e. The van der Waals surface area contributed by atoms with E-state index in [2.05, 4.69) is 38.1 Å². The van der Waals surface area contributed by atoms with Gasteiger partial charge in [-0.15, -0.1) is 5.10 Å². The van der Waals surface area contributed by atoms with Crippen LogP contribution in [0.5, 0.6) is 0 Å². The van der Waals surface area contributed by atoms with E-state index in [1.165, 1.54) is 0 Å². The lowest BCUT2D eigenvalue weighted by Crippen LogP contribution is -2.22. The molecule has 1 aliphatic carbocycles. The normalized spacial score (nSPS) is 14.9. The molecule has 2 aromatic rings. The Morgan fingerprint density at radius 2 is 1.96 bits per heavy atom. The molecule has 1 aliphatic rings. The number of amides is 1. The van der Waals surface area contributed by atoms with E-state index in [-0.39, 0.29) is 11.9 Å². The highest BCUT2D eigenvalue weighted by Gasteiger charge is 2.28. The zero-order valence-electron chi connectivity index (χ0n) is 13.7. The van der Waals surface area contributed by atoms with E-state index in [0.29, 0.717) is 11.4 Å². The first-order chi connectivity index (χ1) is 12.0. The van der Waals surface area contributed by atoms with Crippen molar-refractivity contribution in [1.29, 1.82) is 0 Å². The Kier molecular flexibility index (Phi) is 5.07. The average molecular weight is 451 g/mol. The molecule has 1 aromatic carbocycles. The number of aryl methyl sites for hydroxylation is 1. The number of benzene rings is 1. The number of nitrogens with two attached hydrogens (primary N) is 2. The lowest BCUT2D eigenvalue weighted by Gasteiger charge is -2.11. The number of carbonyl (C=O) groups is 1. The minimum Gasteiger partial charge on any atom is -0.455 e. The van der Waals surface area contributed by atoms with Gasteiger partial charge >= 0.3 is 0 Å². The molecule has 25 heavy (non-hydrogen) atoms. The van der Waals surface area contributed by atoms with Gasteiger partial charge in [-0.05, 0) is 66.6 Å². The Labute approximate surface area is 158 Å². The average Bonchev–Trinajstić information content (AvgIpc) is 2.93. The number of nitrogens with one attached hydrogen (secondary N) is 1. The number of fused-ring (bicyclic) bond motifs is 1. The van der Waals surface area contributed by atoms with Crippen molar-refractivity contribution in [3.05, 3.63) is 50.5 Å². The molecule has 0 saturated carbocycles. The summed E-state index contributed by atoms with van der Waals surface area (Å²) < 4.78 is 6.92. The van der Waals surface area contributed by atoms with Crippen LogP contribution < -0.4 is 16.8 Å². The molecule has 1 heterocycles. The molecule has 7 nitrogen and oxygen atoms in total. The molecular formula is C17H18IN5O2. The second kappa shape index (κ2) is 7.26. The van der Waals surface area contributed by atoms with Gasteiger partial charge in [0.25, 0.3) is 5.91 Å². The summed E-state index contributed by atoms with van der Waals surface area (Å²) in [5, 5.41) is 10.7. The van der Waals surface area contributed by atoms with Gasteiger partial charge in [-0.1, -0.05) is 0 Å². The number of hydrogen-bond donors (Lipinski definition) is 3. The molecule has 0 spiro atoms. The zero-order valence-corrected chi connectivity index (χ0v) is 15.8. The van der Waals surface area contributed by atoms with Gasteiger partial charge in [-0.3, -0.25) is 4.79 Å². The van der Waals surface area contributed by atoms with Gasteiger partial charge in [0, 0.05) is 26.8 Å². The van der Waals surface area contributed by atoms with Crippen LogP contribution in [0.4, 0.5) is 5.69 Å². The molecule has 0 bridgehead atoms. The standard InChI is InChI=1S/C17H18IN5O2/c1-9-14-12(22-23-17(19)20)3-2-4-13(14)25-15(9)16(24)21-11-7-5-10(18)6-8-11/h5-8H,2-4H2,1H3,(H,21,24)(H4,19,20,23)/b22-12+. The number of halogens is 1. The minimum atomic E-state index is -0.283. The number of nitrogens with zero attached hydrogens (tertiary/aromatic N) is 2. The van der Waals surface area contributed by atoms with Gasteiger partial charge in [0.15, 0.2) is 5.76 Å². The third-order valence-corrected chi connectivity index (χ3v) is 4.64. The van der Waals surface area contributed by atoms with E-state index in [1.54, 1.807) is 0 Å². The highest BCUT2D eigenvalue weighted by molar-refractivity contribution is 14.1. The molecular weight excluding hydrogens is 433 g/mol. The maximum atomic E-state index is 12.6. The topological polar surface area (TPSA) is 119 Å². The van der Waals surface area contributed by atoms with E-state index in [1.807, 2.05) is 31.2 Å². The molecule has 8 heteroatoms. The SMILES string of the molecule is Cc1c(C(=O)Nc2ccc(I)cc2)oc2c1/C(=N/N=C(N)N)CCC2. The first-order valence-electron chi connectivity index (χ1n) is 7.80. The fraction of sp³-hybridized carbons (Fsp3) is 0.235. The highest BCUT2D eigenvalue weighted by atomic mass is 127. The van der Waals surface area contributed by atoms with Gasteiger partial charge in [0.1, 0.15) is 5.76 Å². The summed E-state index contributed by atoms with van der Waals surface area (Å²) in [7, 11) is 0. The Morgan fingerprint density at radius 1 is 1.24 bits per heavy atom. The number of rotatable bonds is 3. The van der Waals surface area contributed by atoms with Crippen molar-refractivity contribution in [2.75, 3.05) is 5.32 Å². The van der Waals surface area contributed by atoms with E-state index < -0.39 is 0 Å². The summed E-state index contributed by atoms with van der Waals surface area (Å²) in [5.74, 6) is 0.663. The molecule has 3 rings (SSSR count). The van der Waals surface area contributed by atoms with Crippen LogP contribution in [0.2, 0.25) is 0 Å². The summed E-state index contributed by atoms with van der Waals surface area (Å²) in [6.45, 7) is 1.85. The van der Waals surface area contributed by atoms with Crippen LogP contribution in [-0.2, 0) is 6.42 Å². The monoisotopic (exact) mass is 451 g/mol. The van der Waals surface area contributed by atoms with Crippen molar-refractivity contribution in [2.45, 2.75) is 26.2 Å². The van der Waals surface area contributed by atoms with Crippen molar-refractivity contribution in [1.82, 2.24) is 0 Å². The third-order valence-electron chi connectivity index (χ3n) is 3.92. The molecule has 0 atom stereocenters. The lowest BCUT2D eigenvalue weighted by molar-refractivity contribution is 0.0994. The molecule has 0 fully saturated rings. The molecule has 5 N–H and O–H groups in total. The molecule has 0 aliphatic heterocycles. The summed E-state index contributed by atoms with van der Waals surface area (Å²) in [6, 6.07) is 7.55. The number of hydrogen-bond acceptors (Lipinski definition) is 4. The van der Waals surface area contributed by atoms with E-state index in [0.717, 1.165) is 45.4 Å².